The third-order valence-corrected chi connectivity index (χ3v) is 4.41. The average molecular weight is 356 g/mol. The summed E-state index contributed by atoms with van der Waals surface area (Å²) in [6, 6.07) is 6.17. The second-order valence-corrected chi connectivity index (χ2v) is 7.60. The Morgan fingerprint density at radius 2 is 1.68 bits per heavy atom. The summed E-state index contributed by atoms with van der Waals surface area (Å²) in [5.74, 6) is 2.13. The fourth-order valence-corrected chi connectivity index (χ4v) is 2.90. The monoisotopic (exact) mass is 355 g/mol. The van der Waals surface area contributed by atoms with Gasteiger partial charge < -0.3 is 9.80 Å². The largest absolute Gasteiger partial charge is 0.309 e. The molecule has 0 heterocycles. The van der Waals surface area contributed by atoms with Crippen LogP contribution in [0.15, 0.2) is 18.2 Å². The quantitative estimate of drug-likeness (QED) is 0.522. The number of hydrogen-bond donors (Lipinski definition) is 0. The smallest absolute Gasteiger partial charge is 0.229 e. The lowest BCUT2D eigenvalue weighted by atomic mass is 9.94. The maximum absolute atomic E-state index is 6.04. The second-order valence-electron chi connectivity index (χ2n) is 5.47. The van der Waals surface area contributed by atoms with Crippen LogP contribution < -0.4 is 5.46 Å². The summed E-state index contributed by atoms with van der Waals surface area (Å²) in [4.78, 5) is 4.29. The molecule has 1 aromatic rings. The summed E-state index contributed by atoms with van der Waals surface area (Å²) in [6.07, 6.45) is 0. The van der Waals surface area contributed by atoms with Crippen molar-refractivity contribution in [3.05, 3.63) is 28.8 Å². The summed E-state index contributed by atoms with van der Waals surface area (Å²) < 4.78 is 0. The van der Waals surface area contributed by atoms with Gasteiger partial charge in [0.25, 0.3) is 0 Å². The topological polar surface area (TPSA) is 6.48 Å². The van der Waals surface area contributed by atoms with Crippen molar-refractivity contribution < 1.29 is 0 Å². The Labute approximate surface area is 152 Å². The van der Waals surface area contributed by atoms with Crippen LogP contribution >= 0.6 is 34.8 Å². The molecule has 2 nitrogen and oxygen atoms in total. The lowest BCUT2D eigenvalue weighted by Crippen LogP contribution is -2.18. The van der Waals surface area contributed by atoms with Crippen LogP contribution in [0.3, 0.4) is 0 Å². The molecule has 0 atom stereocenters. The summed E-state index contributed by atoms with van der Waals surface area (Å²) in [5.41, 5.74) is 2.32. The van der Waals surface area contributed by atoms with Crippen LogP contribution in [-0.2, 0) is 0 Å². The molecule has 1 rings (SSSR count). The zero-order valence-electron chi connectivity index (χ0n) is 14.3. The average Bonchev–Trinajstić information content (AvgIpc) is 2.45. The highest BCUT2D eigenvalue weighted by Gasteiger charge is 2.00. The molecule has 22 heavy (non-hydrogen) atoms. The number of benzene rings is 1. The van der Waals surface area contributed by atoms with Gasteiger partial charge >= 0.3 is 0 Å². The molecule has 0 bridgehead atoms. The summed E-state index contributed by atoms with van der Waals surface area (Å²) >= 11 is 9.25. The van der Waals surface area contributed by atoms with Crippen molar-refractivity contribution in [1.29, 1.82) is 0 Å². The molecule has 0 saturated heterocycles. The van der Waals surface area contributed by atoms with Crippen LogP contribution in [0.4, 0.5) is 0 Å². The molecule has 1 aromatic carbocycles. The van der Waals surface area contributed by atoms with E-state index in [-0.39, 0.29) is 0 Å². The molecule has 0 spiro atoms. The normalized spacial score (nSPS) is 10.5. The lowest BCUT2D eigenvalue weighted by Gasteiger charge is -2.08. The van der Waals surface area contributed by atoms with Crippen LogP contribution in [0.25, 0.3) is 0 Å². The highest BCUT2D eigenvalue weighted by molar-refractivity contribution is 8.23. The summed E-state index contributed by atoms with van der Waals surface area (Å²) in [6.45, 7) is 6.35. The maximum atomic E-state index is 6.04. The van der Waals surface area contributed by atoms with Gasteiger partial charge in [-0.25, -0.2) is 23.2 Å². The number of rotatable bonds is 8. The van der Waals surface area contributed by atoms with E-state index in [1.165, 1.54) is 17.1 Å². The van der Waals surface area contributed by atoms with E-state index in [2.05, 4.69) is 42.6 Å². The minimum absolute atomic E-state index is 0.844. The molecule has 0 aliphatic carbocycles. The van der Waals surface area contributed by atoms with E-state index in [0.29, 0.717) is 0 Å². The molecule has 3 radical (unpaired) electrons. The zero-order valence-corrected chi connectivity index (χ0v) is 16.7. The third kappa shape index (κ3) is 12.8. The van der Waals surface area contributed by atoms with Gasteiger partial charge in [0.05, 0.1) is 0 Å². The van der Waals surface area contributed by atoms with E-state index in [4.69, 9.17) is 18.7 Å². The van der Waals surface area contributed by atoms with E-state index in [1.807, 2.05) is 38.7 Å². The van der Waals surface area contributed by atoms with Crippen LogP contribution in [0.1, 0.15) is 5.56 Å². The van der Waals surface area contributed by atoms with Crippen molar-refractivity contribution in [2.75, 3.05) is 52.8 Å². The van der Waals surface area contributed by atoms with Crippen LogP contribution in [0.5, 0.6) is 0 Å². The molecule has 0 aromatic heterocycles. The van der Waals surface area contributed by atoms with Gasteiger partial charge in [0.2, 0.25) is 6.56 Å². The van der Waals surface area contributed by atoms with Crippen molar-refractivity contribution in [3.63, 3.8) is 0 Å². The molecule has 7 heteroatoms. The Bertz CT molecular complexity index is 407. The SMILES string of the molecule is Cc1ccc([B]SCCN(C)C)cc1Cl.[B]SCCN(C)C. The number of hydrogen-bond acceptors (Lipinski definition) is 4. The Hall–Kier alpha value is 0.260. The van der Waals surface area contributed by atoms with E-state index in [0.717, 1.165) is 35.2 Å². The van der Waals surface area contributed by atoms with Gasteiger partial charge in [-0.1, -0.05) is 29.2 Å². The van der Waals surface area contributed by atoms with Gasteiger partial charge in [-0.05, 0) is 58.2 Å². The predicted octanol–water partition coefficient (Wildman–Crippen LogP) is 2.55. The van der Waals surface area contributed by atoms with E-state index < -0.39 is 0 Å². The molecule has 0 N–H and O–H groups in total. The van der Waals surface area contributed by atoms with Crippen LogP contribution in [-0.4, -0.2) is 76.3 Å². The minimum atomic E-state index is 0.844. The van der Waals surface area contributed by atoms with Gasteiger partial charge in [-0.2, -0.15) is 0 Å². The first-order valence-electron chi connectivity index (χ1n) is 7.19. The first-order chi connectivity index (χ1) is 10.4. The van der Waals surface area contributed by atoms with Gasteiger partial charge in [0.15, 0.2) is 7.12 Å². The fraction of sp³-hybridized carbons (Fsp3) is 0.600. The van der Waals surface area contributed by atoms with E-state index in [9.17, 15) is 0 Å². The highest BCUT2D eigenvalue weighted by atomic mass is 35.5. The fourth-order valence-electron chi connectivity index (χ4n) is 1.31. The van der Waals surface area contributed by atoms with Crippen molar-refractivity contribution >= 4 is 54.0 Å². The highest BCUT2D eigenvalue weighted by Crippen LogP contribution is 2.12. The number of nitrogens with zero attached hydrogens (tertiary/aromatic N) is 2. The first kappa shape index (κ1) is 22.3. The molecule has 0 saturated carbocycles. The minimum Gasteiger partial charge on any atom is -0.309 e. The molecule has 0 unspecified atom stereocenters. The maximum Gasteiger partial charge on any atom is 0.229 e. The molecular formula is C15H26B2ClN2S2. The molecular weight excluding hydrogens is 329 g/mol. The molecule has 0 aliphatic rings. The summed E-state index contributed by atoms with van der Waals surface area (Å²) in [5, 5.41) is 0.844. The second kappa shape index (κ2) is 13.7. The van der Waals surface area contributed by atoms with Crippen LogP contribution in [0.2, 0.25) is 5.02 Å². The molecule has 0 fully saturated rings. The van der Waals surface area contributed by atoms with Crippen molar-refractivity contribution in [3.8, 4) is 0 Å². The van der Waals surface area contributed by atoms with Crippen molar-refractivity contribution in [2.45, 2.75) is 6.92 Å². The van der Waals surface area contributed by atoms with Crippen LogP contribution in [0, 0.1) is 6.92 Å². The Morgan fingerprint density at radius 1 is 1.09 bits per heavy atom. The number of halogens is 1. The molecule has 0 amide bonds. The van der Waals surface area contributed by atoms with E-state index in [1.54, 1.807) is 0 Å². The van der Waals surface area contributed by atoms with Gasteiger partial charge in [-0.3, -0.25) is 0 Å². The predicted molar refractivity (Wildman–Crippen MR) is 109 cm³/mol. The zero-order chi connectivity index (χ0) is 17.0. The van der Waals surface area contributed by atoms with Gasteiger partial charge in [0.1, 0.15) is 0 Å². The third-order valence-electron chi connectivity index (χ3n) is 2.73. The number of aryl methyl sites for hydroxylation is 1. The van der Waals surface area contributed by atoms with Gasteiger partial charge in [0, 0.05) is 18.1 Å². The standard InChI is InChI=1S/C11H16BClNS.C4H10BNS/c1-9-4-5-10(8-11(9)13)12-15-7-6-14(2)3;1-6(2)3-4-7-5/h4-5,8H,6-7H2,1-3H3;3-4H2,1-2H3. The summed E-state index contributed by atoms with van der Waals surface area (Å²) in [7, 11) is 13.4. The van der Waals surface area contributed by atoms with Crippen molar-refractivity contribution in [2.24, 2.45) is 0 Å². The van der Waals surface area contributed by atoms with Gasteiger partial charge in [-0.15, -0.1) is 0 Å². The van der Waals surface area contributed by atoms with E-state index >= 15 is 0 Å². The Balaban J connectivity index is 0.000000534. The van der Waals surface area contributed by atoms with Crippen molar-refractivity contribution in [1.82, 2.24) is 9.80 Å². The first-order valence-corrected chi connectivity index (χ1v) is 9.66. The molecule has 121 valence electrons. The molecule has 0 aliphatic heterocycles. The Kier molecular flexibility index (Phi) is 13.8. The Morgan fingerprint density at radius 3 is 2.14 bits per heavy atom. The lowest BCUT2D eigenvalue weighted by molar-refractivity contribution is 0.438.